The van der Waals surface area contributed by atoms with Gasteiger partial charge in [-0.25, -0.2) is 14.1 Å². The maximum atomic E-state index is 13.2. The Hall–Kier alpha value is -3.04. The molecule has 1 unspecified atom stereocenters. The second-order valence-corrected chi connectivity index (χ2v) is 5.87. The van der Waals surface area contributed by atoms with Gasteiger partial charge in [-0.05, 0) is 49.2 Å². The average Bonchev–Trinajstić information content (AvgIpc) is 2.95. The minimum Gasteiger partial charge on any atom is -0.386 e. The van der Waals surface area contributed by atoms with Crippen molar-refractivity contribution in [1.29, 1.82) is 5.26 Å². The number of benzene rings is 2. The highest BCUT2D eigenvalue weighted by Gasteiger charge is 2.16. The van der Waals surface area contributed by atoms with Gasteiger partial charge in [0.05, 0.1) is 24.3 Å². The molecule has 3 rings (SSSR count). The number of halogens is 1. The molecule has 0 amide bonds. The Morgan fingerprint density at radius 1 is 1.24 bits per heavy atom. The molecule has 5 nitrogen and oxygen atoms in total. The SMILES string of the molecule is Cc1cc(F)ccc1C(O)Cn1nc(-c2cccc(C#N)c2)nc1C. The van der Waals surface area contributed by atoms with E-state index in [0.717, 1.165) is 5.56 Å². The highest BCUT2D eigenvalue weighted by molar-refractivity contribution is 5.57. The van der Waals surface area contributed by atoms with Crippen molar-refractivity contribution in [2.24, 2.45) is 0 Å². The van der Waals surface area contributed by atoms with Crippen LogP contribution < -0.4 is 0 Å². The molecular weight excluding hydrogens is 319 g/mol. The zero-order valence-electron chi connectivity index (χ0n) is 13.9. The first-order chi connectivity index (χ1) is 12.0. The summed E-state index contributed by atoms with van der Waals surface area (Å²) in [6.07, 6.45) is -0.820. The van der Waals surface area contributed by atoms with Crippen LogP contribution in [-0.2, 0) is 6.54 Å². The lowest BCUT2D eigenvalue weighted by Crippen LogP contribution is -2.12. The zero-order chi connectivity index (χ0) is 18.0. The van der Waals surface area contributed by atoms with Crippen LogP contribution in [0.3, 0.4) is 0 Å². The van der Waals surface area contributed by atoms with Crippen molar-refractivity contribution in [2.75, 3.05) is 0 Å². The van der Waals surface area contributed by atoms with Crippen molar-refractivity contribution >= 4 is 0 Å². The molecule has 0 saturated carbocycles. The number of hydrogen-bond acceptors (Lipinski definition) is 4. The summed E-state index contributed by atoms with van der Waals surface area (Å²) in [5.74, 6) is 0.818. The molecule has 6 heteroatoms. The summed E-state index contributed by atoms with van der Waals surface area (Å²) in [6.45, 7) is 3.77. The Morgan fingerprint density at radius 2 is 2.04 bits per heavy atom. The van der Waals surface area contributed by atoms with E-state index >= 15 is 0 Å². The fourth-order valence-electron chi connectivity index (χ4n) is 2.72. The smallest absolute Gasteiger partial charge is 0.181 e. The van der Waals surface area contributed by atoms with Gasteiger partial charge >= 0.3 is 0 Å². The van der Waals surface area contributed by atoms with E-state index in [-0.39, 0.29) is 12.4 Å². The summed E-state index contributed by atoms with van der Waals surface area (Å²) in [4.78, 5) is 4.41. The van der Waals surface area contributed by atoms with Crippen molar-refractivity contribution in [3.8, 4) is 17.5 Å². The molecule has 2 aromatic carbocycles. The molecule has 1 atom stereocenters. The van der Waals surface area contributed by atoms with E-state index in [1.54, 1.807) is 42.8 Å². The summed E-state index contributed by atoms with van der Waals surface area (Å²) in [7, 11) is 0. The summed E-state index contributed by atoms with van der Waals surface area (Å²) in [6, 6.07) is 13.4. The Bertz CT molecular complexity index is 958. The van der Waals surface area contributed by atoms with E-state index in [0.29, 0.717) is 28.3 Å². The predicted octanol–water partition coefficient (Wildman–Crippen LogP) is 3.31. The normalized spacial score (nSPS) is 12.0. The summed E-state index contributed by atoms with van der Waals surface area (Å²) in [5, 5.41) is 23.9. The van der Waals surface area contributed by atoms with Crippen LogP contribution in [0, 0.1) is 31.0 Å². The van der Waals surface area contributed by atoms with Crippen molar-refractivity contribution in [3.63, 3.8) is 0 Å². The molecule has 0 saturated heterocycles. The summed E-state index contributed by atoms with van der Waals surface area (Å²) < 4.78 is 14.8. The van der Waals surface area contributed by atoms with Crippen LogP contribution in [0.1, 0.15) is 28.6 Å². The molecule has 0 aliphatic rings. The zero-order valence-corrected chi connectivity index (χ0v) is 13.9. The van der Waals surface area contributed by atoms with Gasteiger partial charge in [-0.15, -0.1) is 0 Å². The molecule has 3 aromatic rings. The molecule has 1 N–H and O–H groups in total. The standard InChI is InChI=1S/C19H17FN4O/c1-12-8-16(20)6-7-17(12)18(25)11-24-13(2)22-19(23-24)15-5-3-4-14(9-15)10-21/h3-9,18,25H,11H2,1-2H3. The van der Waals surface area contributed by atoms with Crippen LogP contribution in [0.2, 0.25) is 0 Å². The van der Waals surface area contributed by atoms with Crippen LogP contribution >= 0.6 is 0 Å². The third-order valence-corrected chi connectivity index (χ3v) is 4.04. The molecule has 1 aromatic heterocycles. The Labute approximate surface area is 145 Å². The first kappa shape index (κ1) is 16.8. The van der Waals surface area contributed by atoms with E-state index in [1.807, 2.05) is 6.07 Å². The maximum Gasteiger partial charge on any atom is 0.181 e. The third-order valence-electron chi connectivity index (χ3n) is 4.04. The van der Waals surface area contributed by atoms with Gasteiger partial charge < -0.3 is 5.11 Å². The summed E-state index contributed by atoms with van der Waals surface area (Å²) >= 11 is 0. The molecule has 25 heavy (non-hydrogen) atoms. The highest BCUT2D eigenvalue weighted by atomic mass is 19.1. The number of aliphatic hydroxyl groups excluding tert-OH is 1. The van der Waals surface area contributed by atoms with Crippen LogP contribution in [0.15, 0.2) is 42.5 Å². The first-order valence-corrected chi connectivity index (χ1v) is 7.84. The van der Waals surface area contributed by atoms with Crippen LogP contribution in [0.4, 0.5) is 4.39 Å². The van der Waals surface area contributed by atoms with Gasteiger partial charge in [0, 0.05) is 5.56 Å². The largest absolute Gasteiger partial charge is 0.386 e. The Balaban J connectivity index is 1.86. The molecule has 0 radical (unpaired) electrons. The number of hydrogen-bond donors (Lipinski definition) is 1. The van der Waals surface area contributed by atoms with E-state index in [2.05, 4.69) is 16.2 Å². The van der Waals surface area contributed by atoms with Gasteiger partial charge in [0.1, 0.15) is 11.6 Å². The van der Waals surface area contributed by atoms with Gasteiger partial charge in [0.15, 0.2) is 5.82 Å². The number of aryl methyl sites for hydroxylation is 2. The van der Waals surface area contributed by atoms with Crippen LogP contribution in [0.25, 0.3) is 11.4 Å². The van der Waals surface area contributed by atoms with E-state index in [1.165, 1.54) is 12.1 Å². The van der Waals surface area contributed by atoms with Gasteiger partial charge in [-0.1, -0.05) is 18.2 Å². The Kier molecular flexibility index (Phi) is 4.59. The average molecular weight is 336 g/mol. The summed E-state index contributed by atoms with van der Waals surface area (Å²) in [5.41, 5.74) is 2.62. The molecule has 0 aliphatic carbocycles. The third kappa shape index (κ3) is 3.57. The molecular formula is C19H17FN4O. The Morgan fingerprint density at radius 3 is 2.76 bits per heavy atom. The lowest BCUT2D eigenvalue weighted by Gasteiger charge is -2.14. The fourth-order valence-corrected chi connectivity index (χ4v) is 2.72. The molecule has 0 aliphatic heterocycles. The van der Waals surface area contributed by atoms with E-state index in [4.69, 9.17) is 5.26 Å². The number of nitrogens with zero attached hydrogens (tertiary/aromatic N) is 4. The molecule has 0 bridgehead atoms. The molecule has 126 valence electrons. The lowest BCUT2D eigenvalue weighted by molar-refractivity contribution is 0.149. The van der Waals surface area contributed by atoms with E-state index < -0.39 is 6.10 Å². The van der Waals surface area contributed by atoms with Crippen molar-refractivity contribution in [1.82, 2.24) is 14.8 Å². The second kappa shape index (κ2) is 6.83. The van der Waals surface area contributed by atoms with E-state index in [9.17, 15) is 9.50 Å². The monoisotopic (exact) mass is 336 g/mol. The van der Waals surface area contributed by atoms with Gasteiger partial charge in [0.2, 0.25) is 0 Å². The minimum absolute atomic E-state index is 0.212. The number of aliphatic hydroxyl groups is 1. The minimum atomic E-state index is -0.820. The van der Waals surface area contributed by atoms with Crippen molar-refractivity contribution in [3.05, 3.63) is 70.8 Å². The van der Waals surface area contributed by atoms with Crippen LogP contribution in [-0.4, -0.2) is 19.9 Å². The van der Waals surface area contributed by atoms with Crippen molar-refractivity contribution in [2.45, 2.75) is 26.5 Å². The maximum absolute atomic E-state index is 13.2. The predicted molar refractivity (Wildman–Crippen MR) is 91.0 cm³/mol. The lowest BCUT2D eigenvalue weighted by atomic mass is 10.0. The topological polar surface area (TPSA) is 74.7 Å². The van der Waals surface area contributed by atoms with Crippen molar-refractivity contribution < 1.29 is 9.50 Å². The highest BCUT2D eigenvalue weighted by Crippen LogP contribution is 2.22. The molecule has 0 fully saturated rings. The number of rotatable bonds is 4. The molecule has 1 heterocycles. The van der Waals surface area contributed by atoms with Crippen LogP contribution in [0.5, 0.6) is 0 Å². The van der Waals surface area contributed by atoms with Gasteiger partial charge in [-0.3, -0.25) is 0 Å². The molecule has 0 spiro atoms. The van der Waals surface area contributed by atoms with Gasteiger partial charge in [-0.2, -0.15) is 10.4 Å². The first-order valence-electron chi connectivity index (χ1n) is 7.84. The number of aromatic nitrogens is 3. The fraction of sp³-hybridized carbons (Fsp3) is 0.211. The quantitative estimate of drug-likeness (QED) is 0.793. The number of nitriles is 1. The van der Waals surface area contributed by atoms with Gasteiger partial charge in [0.25, 0.3) is 0 Å². The second-order valence-electron chi connectivity index (χ2n) is 5.87.